The highest BCUT2D eigenvalue weighted by atomic mass is 32.2. The Morgan fingerprint density at radius 3 is 2.36 bits per heavy atom. The Morgan fingerprint density at radius 2 is 1.86 bits per heavy atom. The Labute approximate surface area is 82.1 Å². The number of carbonyl (C=O) groups excluding carboxylic acids is 1. The third-order valence-corrected chi connectivity index (χ3v) is 2.08. The summed E-state index contributed by atoms with van der Waals surface area (Å²) in [7, 11) is -3.80. The van der Waals surface area contributed by atoms with Crippen LogP contribution in [0.15, 0.2) is 30.3 Å². The molecule has 1 aromatic rings. The van der Waals surface area contributed by atoms with Gasteiger partial charge in [-0.05, 0) is 0 Å². The zero-order valence-electron chi connectivity index (χ0n) is 7.30. The molecule has 0 fully saturated rings. The highest BCUT2D eigenvalue weighted by Gasteiger charge is 2.07. The maximum atomic E-state index is 11.3. The lowest BCUT2D eigenvalue weighted by Gasteiger charge is -2.00. The van der Waals surface area contributed by atoms with Gasteiger partial charge in [-0.2, -0.15) is 13.1 Å². The van der Waals surface area contributed by atoms with Crippen LogP contribution in [0.2, 0.25) is 0 Å². The van der Waals surface area contributed by atoms with Crippen molar-refractivity contribution in [2.24, 2.45) is 5.14 Å². The maximum Gasteiger partial charge on any atom is 0.274 e. The molecule has 6 heteroatoms. The fraction of sp³-hybridized carbons (Fsp3) is 0.125. The first-order chi connectivity index (χ1) is 6.49. The summed E-state index contributed by atoms with van der Waals surface area (Å²) in [5.74, 6) is -0.320. The number of benzene rings is 1. The predicted octanol–water partition coefficient (Wildman–Crippen LogP) is -0.338. The van der Waals surface area contributed by atoms with Crippen LogP contribution in [0.3, 0.4) is 0 Å². The number of hydrogen-bond acceptors (Lipinski definition) is 3. The van der Waals surface area contributed by atoms with Crippen molar-refractivity contribution >= 4 is 16.0 Å². The van der Waals surface area contributed by atoms with Crippen molar-refractivity contribution in [3.05, 3.63) is 35.9 Å². The zero-order chi connectivity index (χ0) is 10.6. The highest BCUT2D eigenvalue weighted by molar-refractivity contribution is 7.87. The largest absolute Gasteiger partial charge is 0.293 e. The van der Waals surface area contributed by atoms with Crippen LogP contribution in [0.25, 0.3) is 0 Å². The highest BCUT2D eigenvalue weighted by Crippen LogP contribution is 1.98. The summed E-state index contributed by atoms with van der Waals surface area (Å²) in [5, 5.41) is 4.67. The van der Waals surface area contributed by atoms with E-state index in [-0.39, 0.29) is 12.3 Å². The summed E-state index contributed by atoms with van der Waals surface area (Å²) in [6.07, 6.45) is 0. The van der Waals surface area contributed by atoms with Gasteiger partial charge in [0, 0.05) is 5.56 Å². The first-order valence-corrected chi connectivity index (χ1v) is 5.39. The summed E-state index contributed by atoms with van der Waals surface area (Å²) in [6, 6.07) is 8.37. The third-order valence-electron chi connectivity index (χ3n) is 1.53. The van der Waals surface area contributed by atoms with Gasteiger partial charge in [0.1, 0.15) is 0 Å². The van der Waals surface area contributed by atoms with Crippen LogP contribution in [-0.4, -0.2) is 20.7 Å². The first kappa shape index (κ1) is 10.8. The van der Waals surface area contributed by atoms with E-state index < -0.39 is 10.2 Å². The molecular formula is C8H10N2O3S. The summed E-state index contributed by atoms with van der Waals surface area (Å²) in [5.41, 5.74) is 0.448. The van der Waals surface area contributed by atoms with Crippen molar-refractivity contribution in [3.8, 4) is 0 Å². The number of carbonyl (C=O) groups is 1. The SMILES string of the molecule is NS(=O)(=O)NCC(=O)c1ccccc1. The number of nitrogens with two attached hydrogens (primary N) is 1. The number of Topliss-reactive ketones (excluding diaryl/α,β-unsaturated/α-hetero) is 1. The number of rotatable bonds is 4. The second-order valence-electron chi connectivity index (χ2n) is 2.66. The van der Waals surface area contributed by atoms with Crippen LogP contribution in [0.4, 0.5) is 0 Å². The monoisotopic (exact) mass is 214 g/mol. The molecule has 1 rings (SSSR count). The molecular weight excluding hydrogens is 204 g/mol. The first-order valence-electron chi connectivity index (χ1n) is 3.85. The standard InChI is InChI=1S/C8H10N2O3S/c9-14(12,13)10-6-8(11)7-4-2-1-3-5-7/h1-5,10H,6H2,(H2,9,12,13). The van der Waals surface area contributed by atoms with Gasteiger partial charge >= 0.3 is 0 Å². The summed E-state index contributed by atoms with van der Waals surface area (Å²) in [6.45, 7) is -0.317. The van der Waals surface area contributed by atoms with Crippen molar-refractivity contribution in [2.75, 3.05) is 6.54 Å². The van der Waals surface area contributed by atoms with Gasteiger partial charge in [-0.1, -0.05) is 30.3 Å². The van der Waals surface area contributed by atoms with E-state index in [0.717, 1.165) is 0 Å². The summed E-state index contributed by atoms with van der Waals surface area (Å²) >= 11 is 0. The second kappa shape index (κ2) is 4.32. The predicted molar refractivity (Wildman–Crippen MR) is 51.9 cm³/mol. The van der Waals surface area contributed by atoms with Crippen LogP contribution in [0.5, 0.6) is 0 Å². The van der Waals surface area contributed by atoms with E-state index in [0.29, 0.717) is 5.56 Å². The molecule has 0 amide bonds. The Balaban J connectivity index is 2.61. The lowest BCUT2D eigenvalue weighted by Crippen LogP contribution is -2.34. The van der Waals surface area contributed by atoms with E-state index in [1.54, 1.807) is 30.3 Å². The van der Waals surface area contributed by atoms with E-state index in [2.05, 4.69) is 5.14 Å². The zero-order valence-corrected chi connectivity index (χ0v) is 8.12. The molecule has 0 radical (unpaired) electrons. The van der Waals surface area contributed by atoms with Crippen molar-refractivity contribution < 1.29 is 13.2 Å². The molecule has 0 bridgehead atoms. The fourth-order valence-corrected chi connectivity index (χ4v) is 1.22. The van der Waals surface area contributed by atoms with E-state index in [9.17, 15) is 13.2 Å². The molecule has 0 atom stereocenters. The molecule has 0 heterocycles. The molecule has 0 unspecified atom stereocenters. The maximum absolute atomic E-state index is 11.3. The fourth-order valence-electron chi connectivity index (χ4n) is 0.892. The quantitative estimate of drug-likeness (QED) is 0.672. The van der Waals surface area contributed by atoms with Crippen molar-refractivity contribution in [3.63, 3.8) is 0 Å². The molecule has 3 N–H and O–H groups in total. The number of hydrogen-bond donors (Lipinski definition) is 2. The van der Waals surface area contributed by atoms with Gasteiger partial charge in [0.2, 0.25) is 0 Å². The Kier molecular flexibility index (Phi) is 3.34. The third kappa shape index (κ3) is 3.65. The molecule has 0 spiro atoms. The minimum Gasteiger partial charge on any atom is -0.293 e. The van der Waals surface area contributed by atoms with Gasteiger partial charge in [0.25, 0.3) is 10.2 Å². The van der Waals surface area contributed by atoms with Crippen molar-refractivity contribution in [1.82, 2.24) is 4.72 Å². The molecule has 5 nitrogen and oxygen atoms in total. The van der Waals surface area contributed by atoms with Gasteiger partial charge in [-0.25, -0.2) is 5.14 Å². The summed E-state index contributed by atoms with van der Waals surface area (Å²) < 4.78 is 22.9. The van der Waals surface area contributed by atoms with Crippen molar-refractivity contribution in [1.29, 1.82) is 0 Å². The molecule has 14 heavy (non-hydrogen) atoms. The van der Waals surface area contributed by atoms with E-state index in [4.69, 9.17) is 0 Å². The molecule has 76 valence electrons. The molecule has 0 aliphatic rings. The number of ketones is 1. The average molecular weight is 214 g/mol. The van der Waals surface area contributed by atoms with Crippen LogP contribution >= 0.6 is 0 Å². The number of nitrogens with one attached hydrogen (secondary N) is 1. The normalized spacial score (nSPS) is 11.2. The van der Waals surface area contributed by atoms with Gasteiger partial charge < -0.3 is 0 Å². The Hall–Kier alpha value is -1.24. The van der Waals surface area contributed by atoms with Crippen LogP contribution in [0, 0.1) is 0 Å². The summed E-state index contributed by atoms with van der Waals surface area (Å²) in [4.78, 5) is 11.3. The minimum absolute atomic E-state index is 0.317. The second-order valence-corrected chi connectivity index (χ2v) is 4.03. The van der Waals surface area contributed by atoms with Crippen LogP contribution < -0.4 is 9.86 Å². The molecule has 0 saturated carbocycles. The van der Waals surface area contributed by atoms with E-state index >= 15 is 0 Å². The van der Waals surface area contributed by atoms with E-state index in [1.807, 2.05) is 4.72 Å². The van der Waals surface area contributed by atoms with Gasteiger partial charge in [-0.15, -0.1) is 0 Å². The average Bonchev–Trinajstić information content (AvgIpc) is 2.14. The van der Waals surface area contributed by atoms with Gasteiger partial charge in [0.15, 0.2) is 5.78 Å². The minimum atomic E-state index is -3.80. The smallest absolute Gasteiger partial charge is 0.274 e. The molecule has 0 aliphatic carbocycles. The van der Waals surface area contributed by atoms with Crippen LogP contribution in [0.1, 0.15) is 10.4 Å². The molecule has 0 aliphatic heterocycles. The lowest BCUT2D eigenvalue weighted by molar-refractivity contribution is 0.0997. The lowest BCUT2D eigenvalue weighted by atomic mass is 10.1. The van der Waals surface area contributed by atoms with E-state index in [1.165, 1.54) is 0 Å². The van der Waals surface area contributed by atoms with Crippen LogP contribution in [-0.2, 0) is 10.2 Å². The molecule has 1 aromatic carbocycles. The Morgan fingerprint density at radius 1 is 1.29 bits per heavy atom. The van der Waals surface area contributed by atoms with Crippen molar-refractivity contribution in [2.45, 2.75) is 0 Å². The topological polar surface area (TPSA) is 89.3 Å². The Bertz CT molecular complexity index is 413. The van der Waals surface area contributed by atoms with Gasteiger partial charge in [0.05, 0.1) is 6.54 Å². The van der Waals surface area contributed by atoms with Gasteiger partial charge in [-0.3, -0.25) is 4.79 Å². The molecule has 0 aromatic heterocycles. The molecule has 0 saturated heterocycles.